The highest BCUT2D eigenvalue weighted by Crippen LogP contribution is 2.24. The first-order valence-electron chi connectivity index (χ1n) is 7.24. The van der Waals surface area contributed by atoms with Gasteiger partial charge in [-0.25, -0.2) is 0 Å². The summed E-state index contributed by atoms with van der Waals surface area (Å²) < 4.78 is 7.34. The average Bonchev–Trinajstić information content (AvgIpc) is 2.54. The average molecular weight is 327 g/mol. The van der Waals surface area contributed by atoms with Crippen LogP contribution in [0.3, 0.4) is 0 Å². The van der Waals surface area contributed by atoms with Crippen molar-refractivity contribution in [2.75, 3.05) is 7.11 Å². The SMILES string of the molecule is COc1c(C)cnc(Cn2c(=S)[nH]c3ccccc3c2=O)c1C. The van der Waals surface area contributed by atoms with Crippen LogP contribution >= 0.6 is 12.2 Å². The maximum absolute atomic E-state index is 12.7. The lowest BCUT2D eigenvalue weighted by Crippen LogP contribution is -2.23. The minimum atomic E-state index is -0.120. The number of rotatable bonds is 3. The molecule has 0 amide bonds. The smallest absolute Gasteiger partial charge is 0.262 e. The van der Waals surface area contributed by atoms with Crippen molar-refractivity contribution in [3.05, 3.63) is 62.4 Å². The van der Waals surface area contributed by atoms with Gasteiger partial charge in [-0.3, -0.25) is 14.3 Å². The Morgan fingerprint density at radius 3 is 2.78 bits per heavy atom. The molecular weight excluding hydrogens is 310 g/mol. The molecular formula is C17H17N3O2S. The Labute approximate surface area is 138 Å². The Bertz CT molecular complexity index is 1000. The van der Waals surface area contributed by atoms with Crippen molar-refractivity contribution in [1.82, 2.24) is 14.5 Å². The summed E-state index contributed by atoms with van der Waals surface area (Å²) in [5.74, 6) is 0.790. The summed E-state index contributed by atoms with van der Waals surface area (Å²) >= 11 is 5.34. The van der Waals surface area contributed by atoms with Gasteiger partial charge in [-0.05, 0) is 38.2 Å². The summed E-state index contributed by atoms with van der Waals surface area (Å²) in [4.78, 5) is 20.2. The van der Waals surface area contributed by atoms with E-state index in [-0.39, 0.29) is 5.56 Å². The van der Waals surface area contributed by atoms with Crippen LogP contribution in [0, 0.1) is 18.6 Å². The predicted molar refractivity (Wildman–Crippen MR) is 92.8 cm³/mol. The number of ether oxygens (including phenoxy) is 1. The number of nitrogens with one attached hydrogen (secondary N) is 1. The van der Waals surface area contributed by atoms with E-state index in [1.165, 1.54) is 4.57 Å². The highest BCUT2D eigenvalue weighted by molar-refractivity contribution is 7.71. The third kappa shape index (κ3) is 2.66. The van der Waals surface area contributed by atoms with E-state index in [9.17, 15) is 4.79 Å². The molecule has 0 fully saturated rings. The number of benzene rings is 1. The molecule has 118 valence electrons. The standard InChI is InChI=1S/C17H17N3O2S/c1-10-8-18-14(11(2)15(10)22-3)9-20-16(21)12-6-4-5-7-13(12)19-17(20)23/h4-8H,9H2,1-3H3,(H,19,23). The molecule has 2 aromatic heterocycles. The van der Waals surface area contributed by atoms with Gasteiger partial charge >= 0.3 is 0 Å². The minimum Gasteiger partial charge on any atom is -0.496 e. The molecule has 0 atom stereocenters. The number of H-pyrrole nitrogens is 1. The molecule has 3 aromatic rings. The second-order valence-electron chi connectivity index (χ2n) is 5.41. The Morgan fingerprint density at radius 1 is 1.30 bits per heavy atom. The maximum Gasteiger partial charge on any atom is 0.262 e. The lowest BCUT2D eigenvalue weighted by atomic mass is 10.1. The zero-order valence-corrected chi connectivity index (χ0v) is 14.0. The number of para-hydroxylation sites is 1. The fraction of sp³-hybridized carbons (Fsp3) is 0.235. The van der Waals surface area contributed by atoms with Crippen LogP contribution in [-0.2, 0) is 6.54 Å². The number of aromatic amines is 1. The van der Waals surface area contributed by atoms with Crippen molar-refractivity contribution >= 4 is 23.1 Å². The molecule has 0 aliphatic heterocycles. The fourth-order valence-electron chi connectivity index (χ4n) is 2.72. The van der Waals surface area contributed by atoms with E-state index in [4.69, 9.17) is 17.0 Å². The van der Waals surface area contributed by atoms with Crippen molar-refractivity contribution in [2.45, 2.75) is 20.4 Å². The maximum atomic E-state index is 12.7. The summed E-state index contributed by atoms with van der Waals surface area (Å²) in [6, 6.07) is 7.34. The van der Waals surface area contributed by atoms with Gasteiger partial charge in [0.05, 0.1) is 30.3 Å². The Kier molecular flexibility index (Phi) is 4.00. The van der Waals surface area contributed by atoms with Gasteiger partial charge in [0.15, 0.2) is 4.77 Å². The van der Waals surface area contributed by atoms with Crippen LogP contribution in [0.25, 0.3) is 10.9 Å². The van der Waals surface area contributed by atoms with E-state index in [1.54, 1.807) is 19.4 Å². The lowest BCUT2D eigenvalue weighted by molar-refractivity contribution is 0.406. The largest absolute Gasteiger partial charge is 0.496 e. The highest BCUT2D eigenvalue weighted by atomic mass is 32.1. The summed E-state index contributed by atoms with van der Waals surface area (Å²) in [7, 11) is 1.63. The van der Waals surface area contributed by atoms with Crippen LogP contribution < -0.4 is 10.3 Å². The minimum absolute atomic E-state index is 0.120. The number of hydrogen-bond acceptors (Lipinski definition) is 4. The molecule has 5 nitrogen and oxygen atoms in total. The number of methoxy groups -OCH3 is 1. The molecule has 3 rings (SSSR count). The molecule has 23 heavy (non-hydrogen) atoms. The van der Waals surface area contributed by atoms with Crippen molar-refractivity contribution < 1.29 is 4.74 Å². The van der Waals surface area contributed by atoms with Gasteiger partial charge in [0.1, 0.15) is 5.75 Å². The molecule has 6 heteroatoms. The van der Waals surface area contributed by atoms with Gasteiger partial charge in [0.2, 0.25) is 0 Å². The van der Waals surface area contributed by atoms with Gasteiger partial charge in [0, 0.05) is 17.3 Å². The van der Waals surface area contributed by atoms with Gasteiger partial charge in [0.25, 0.3) is 5.56 Å². The topological polar surface area (TPSA) is 59.9 Å². The zero-order chi connectivity index (χ0) is 16.6. The molecule has 0 radical (unpaired) electrons. The van der Waals surface area contributed by atoms with Gasteiger partial charge in [-0.2, -0.15) is 0 Å². The molecule has 0 bridgehead atoms. The van der Waals surface area contributed by atoms with Crippen LogP contribution in [0.5, 0.6) is 5.75 Å². The number of nitrogens with zero attached hydrogens (tertiary/aromatic N) is 2. The van der Waals surface area contributed by atoms with E-state index >= 15 is 0 Å². The molecule has 0 saturated heterocycles. The van der Waals surface area contributed by atoms with E-state index in [0.717, 1.165) is 28.1 Å². The summed E-state index contributed by atoms with van der Waals surface area (Å²) in [6.45, 7) is 4.19. The van der Waals surface area contributed by atoms with Crippen molar-refractivity contribution in [3.8, 4) is 5.75 Å². The van der Waals surface area contributed by atoms with Crippen LogP contribution in [0.2, 0.25) is 0 Å². The lowest BCUT2D eigenvalue weighted by Gasteiger charge is -2.13. The second-order valence-corrected chi connectivity index (χ2v) is 5.80. The third-order valence-corrected chi connectivity index (χ3v) is 4.27. The second kappa shape index (κ2) is 5.96. The van der Waals surface area contributed by atoms with Gasteiger partial charge in [-0.15, -0.1) is 0 Å². The van der Waals surface area contributed by atoms with E-state index in [2.05, 4.69) is 9.97 Å². The summed E-state index contributed by atoms with van der Waals surface area (Å²) in [6.07, 6.45) is 1.75. The van der Waals surface area contributed by atoms with Gasteiger partial charge in [-0.1, -0.05) is 12.1 Å². The Morgan fingerprint density at radius 2 is 2.04 bits per heavy atom. The number of hydrogen-bond donors (Lipinski definition) is 1. The summed E-state index contributed by atoms with van der Waals surface area (Å²) in [5, 5.41) is 0.609. The molecule has 0 spiro atoms. The number of fused-ring (bicyclic) bond motifs is 1. The Hall–Kier alpha value is -2.47. The van der Waals surface area contributed by atoms with Crippen molar-refractivity contribution in [3.63, 3.8) is 0 Å². The Balaban J connectivity index is 2.17. The molecule has 1 N–H and O–H groups in total. The first-order valence-corrected chi connectivity index (χ1v) is 7.64. The van der Waals surface area contributed by atoms with Crippen LogP contribution in [0.15, 0.2) is 35.3 Å². The summed E-state index contributed by atoms with van der Waals surface area (Å²) in [5.41, 5.74) is 3.27. The van der Waals surface area contributed by atoms with Gasteiger partial charge < -0.3 is 9.72 Å². The van der Waals surface area contributed by atoms with Crippen LogP contribution in [0.1, 0.15) is 16.8 Å². The van der Waals surface area contributed by atoms with Crippen LogP contribution in [0.4, 0.5) is 0 Å². The number of aromatic nitrogens is 3. The monoisotopic (exact) mass is 327 g/mol. The first kappa shape index (κ1) is 15.4. The fourth-order valence-corrected chi connectivity index (χ4v) is 2.98. The van der Waals surface area contributed by atoms with Crippen molar-refractivity contribution in [2.24, 2.45) is 0 Å². The van der Waals surface area contributed by atoms with E-state index in [0.29, 0.717) is 16.7 Å². The molecule has 1 aromatic carbocycles. The molecule has 0 aliphatic carbocycles. The normalized spacial score (nSPS) is 10.9. The number of aryl methyl sites for hydroxylation is 1. The predicted octanol–water partition coefficient (Wildman–Crippen LogP) is 3.13. The van der Waals surface area contributed by atoms with Crippen LogP contribution in [-0.4, -0.2) is 21.6 Å². The van der Waals surface area contributed by atoms with E-state index in [1.807, 2.05) is 32.0 Å². The number of pyridine rings is 1. The first-order chi connectivity index (χ1) is 11.0. The molecule has 0 unspecified atom stereocenters. The van der Waals surface area contributed by atoms with E-state index < -0.39 is 0 Å². The zero-order valence-electron chi connectivity index (χ0n) is 13.2. The molecule has 2 heterocycles. The third-order valence-electron chi connectivity index (χ3n) is 3.95. The van der Waals surface area contributed by atoms with Crippen molar-refractivity contribution in [1.29, 1.82) is 0 Å². The molecule has 0 saturated carbocycles. The quantitative estimate of drug-likeness (QED) is 0.751. The molecule has 0 aliphatic rings. The highest BCUT2D eigenvalue weighted by Gasteiger charge is 2.12.